The third kappa shape index (κ3) is 4.83. The predicted molar refractivity (Wildman–Crippen MR) is 98.1 cm³/mol. The molecule has 136 valence electrons. The van der Waals surface area contributed by atoms with E-state index in [0.29, 0.717) is 17.5 Å². The molecule has 0 amide bonds. The summed E-state index contributed by atoms with van der Waals surface area (Å²) in [4.78, 5) is 4.66. The van der Waals surface area contributed by atoms with Crippen molar-refractivity contribution < 1.29 is 13.2 Å². The van der Waals surface area contributed by atoms with Gasteiger partial charge in [-0.15, -0.1) is 0 Å². The lowest BCUT2D eigenvalue weighted by Crippen LogP contribution is -2.12. The topological polar surface area (TPSA) is 12.9 Å². The first-order valence-electron chi connectivity index (χ1n) is 8.73. The second-order valence-electron chi connectivity index (χ2n) is 7.09. The minimum absolute atomic E-state index is 0.0572. The summed E-state index contributed by atoms with van der Waals surface area (Å²) >= 11 is 0. The van der Waals surface area contributed by atoms with Gasteiger partial charge < -0.3 is 0 Å². The fourth-order valence-corrected chi connectivity index (χ4v) is 3.19. The van der Waals surface area contributed by atoms with Crippen LogP contribution in [-0.2, 0) is 0 Å². The van der Waals surface area contributed by atoms with E-state index >= 15 is 0 Å². The van der Waals surface area contributed by atoms with Crippen LogP contribution >= 0.6 is 0 Å². The van der Waals surface area contributed by atoms with Gasteiger partial charge in [0.15, 0.2) is 0 Å². The first-order valence-corrected chi connectivity index (χ1v) is 8.73. The Hall–Kier alpha value is -1.84. The molecule has 1 aromatic heterocycles. The van der Waals surface area contributed by atoms with E-state index < -0.39 is 12.6 Å². The molecule has 2 rings (SSSR count). The number of halogens is 3. The summed E-state index contributed by atoms with van der Waals surface area (Å²) in [6, 6.07) is 3.80. The molecular formula is C21H26F3N. The van der Waals surface area contributed by atoms with E-state index in [4.69, 9.17) is 0 Å². The Kier molecular flexibility index (Phi) is 5.91. The molecule has 0 saturated carbocycles. The molecule has 1 aromatic rings. The monoisotopic (exact) mass is 349 g/mol. The van der Waals surface area contributed by atoms with Crippen molar-refractivity contribution in [3.05, 3.63) is 53.4 Å². The number of allylic oxidation sites excluding steroid dienone is 4. The second-order valence-corrected chi connectivity index (χ2v) is 7.09. The Balaban J connectivity index is 2.28. The zero-order valence-electron chi connectivity index (χ0n) is 15.3. The highest BCUT2D eigenvalue weighted by atomic mass is 19.4. The SMILES string of the molecule is C=Cc1nc(C2=CC(C)[C@H](C)C(C)=C2)ccc1[C@@H](C)CCC(F)(F)F. The van der Waals surface area contributed by atoms with Gasteiger partial charge in [-0.25, -0.2) is 4.98 Å². The average molecular weight is 349 g/mol. The molecule has 0 aliphatic heterocycles. The Bertz CT molecular complexity index is 698. The van der Waals surface area contributed by atoms with Gasteiger partial charge in [0.2, 0.25) is 0 Å². The first kappa shape index (κ1) is 19.5. The standard InChI is InChI=1S/C21H26F3N/c1-6-19-18(13(2)9-10-21(22,23)24)7-8-20(25-19)17-11-14(3)16(5)15(4)12-17/h6-8,11-14,16H,1,9-10H2,2-5H3/t13-,14?,16-/m0/s1. The number of nitrogens with zero attached hydrogens (tertiary/aromatic N) is 1. The molecule has 0 radical (unpaired) electrons. The van der Waals surface area contributed by atoms with Crippen molar-refractivity contribution in [1.82, 2.24) is 4.98 Å². The van der Waals surface area contributed by atoms with Crippen LogP contribution in [0.1, 0.15) is 63.4 Å². The number of rotatable bonds is 5. The van der Waals surface area contributed by atoms with Crippen LogP contribution < -0.4 is 0 Å². The average Bonchev–Trinajstić information content (AvgIpc) is 2.55. The molecule has 0 bridgehead atoms. The molecule has 0 N–H and O–H groups in total. The van der Waals surface area contributed by atoms with Crippen molar-refractivity contribution in [3.63, 3.8) is 0 Å². The molecule has 4 heteroatoms. The molecule has 1 unspecified atom stereocenters. The third-order valence-electron chi connectivity index (χ3n) is 5.17. The molecule has 3 atom stereocenters. The summed E-state index contributed by atoms with van der Waals surface area (Å²) in [5, 5.41) is 0. The maximum Gasteiger partial charge on any atom is 0.389 e. The van der Waals surface area contributed by atoms with Crippen LogP contribution in [0.25, 0.3) is 11.6 Å². The molecular weight excluding hydrogens is 323 g/mol. The zero-order chi connectivity index (χ0) is 18.8. The lowest BCUT2D eigenvalue weighted by Gasteiger charge is -2.24. The van der Waals surface area contributed by atoms with Crippen LogP contribution in [0.3, 0.4) is 0 Å². The predicted octanol–water partition coefficient (Wildman–Crippen LogP) is 6.79. The van der Waals surface area contributed by atoms with Crippen LogP contribution in [-0.4, -0.2) is 11.2 Å². The highest BCUT2D eigenvalue weighted by Gasteiger charge is 2.28. The van der Waals surface area contributed by atoms with Crippen LogP contribution in [0.4, 0.5) is 13.2 Å². The molecule has 0 aromatic carbocycles. The van der Waals surface area contributed by atoms with Gasteiger partial charge in [-0.05, 0) is 54.4 Å². The van der Waals surface area contributed by atoms with Gasteiger partial charge in [0, 0.05) is 6.42 Å². The summed E-state index contributed by atoms with van der Waals surface area (Å²) < 4.78 is 37.4. The van der Waals surface area contributed by atoms with Crippen LogP contribution in [0, 0.1) is 11.8 Å². The second kappa shape index (κ2) is 7.59. The minimum atomic E-state index is -4.13. The highest BCUT2D eigenvalue weighted by molar-refractivity contribution is 5.74. The Morgan fingerprint density at radius 3 is 2.52 bits per heavy atom. The molecule has 1 aliphatic rings. The van der Waals surface area contributed by atoms with Crippen molar-refractivity contribution in [2.45, 2.75) is 52.6 Å². The number of hydrogen-bond acceptors (Lipinski definition) is 1. The quantitative estimate of drug-likeness (QED) is 0.570. The van der Waals surface area contributed by atoms with Crippen molar-refractivity contribution in [2.24, 2.45) is 11.8 Å². The van der Waals surface area contributed by atoms with Gasteiger partial charge in [-0.3, -0.25) is 0 Å². The molecule has 0 saturated heterocycles. The zero-order valence-corrected chi connectivity index (χ0v) is 15.3. The van der Waals surface area contributed by atoms with Gasteiger partial charge in [0.25, 0.3) is 0 Å². The van der Waals surface area contributed by atoms with E-state index in [1.54, 1.807) is 6.08 Å². The summed E-state index contributed by atoms with van der Waals surface area (Å²) in [7, 11) is 0. The lowest BCUT2D eigenvalue weighted by molar-refractivity contribution is -0.136. The lowest BCUT2D eigenvalue weighted by atomic mass is 9.82. The Morgan fingerprint density at radius 2 is 1.96 bits per heavy atom. The van der Waals surface area contributed by atoms with Crippen molar-refractivity contribution in [2.75, 3.05) is 0 Å². The smallest absolute Gasteiger partial charge is 0.248 e. The fourth-order valence-electron chi connectivity index (χ4n) is 3.19. The Labute approximate surface area is 148 Å². The number of alkyl halides is 3. The molecule has 25 heavy (non-hydrogen) atoms. The summed E-state index contributed by atoms with van der Waals surface area (Å²) in [5.74, 6) is 0.719. The highest BCUT2D eigenvalue weighted by Crippen LogP contribution is 2.34. The van der Waals surface area contributed by atoms with Crippen LogP contribution in [0.5, 0.6) is 0 Å². The number of aromatic nitrogens is 1. The fraction of sp³-hybridized carbons (Fsp3) is 0.476. The maximum atomic E-state index is 12.5. The normalized spacial score (nSPS) is 22.2. The Morgan fingerprint density at radius 1 is 1.28 bits per heavy atom. The van der Waals surface area contributed by atoms with E-state index in [2.05, 4.69) is 44.5 Å². The first-order chi connectivity index (χ1) is 11.6. The molecule has 0 spiro atoms. The van der Waals surface area contributed by atoms with Gasteiger partial charge in [0.05, 0.1) is 11.4 Å². The molecule has 1 heterocycles. The van der Waals surface area contributed by atoms with E-state index in [1.807, 2.05) is 19.1 Å². The van der Waals surface area contributed by atoms with Crippen LogP contribution in [0.15, 0.2) is 36.4 Å². The minimum Gasteiger partial charge on any atom is -0.248 e. The number of pyridine rings is 1. The number of hydrogen-bond donors (Lipinski definition) is 0. The van der Waals surface area contributed by atoms with Gasteiger partial charge in [-0.2, -0.15) is 13.2 Å². The molecule has 1 aliphatic carbocycles. The largest absolute Gasteiger partial charge is 0.389 e. The van der Waals surface area contributed by atoms with E-state index in [0.717, 1.165) is 16.8 Å². The summed E-state index contributed by atoms with van der Waals surface area (Å²) in [6.45, 7) is 12.1. The summed E-state index contributed by atoms with van der Waals surface area (Å²) in [6.07, 6.45) is 1.13. The van der Waals surface area contributed by atoms with E-state index in [1.165, 1.54) is 5.57 Å². The van der Waals surface area contributed by atoms with Crippen molar-refractivity contribution >= 4 is 11.6 Å². The molecule has 1 nitrogen and oxygen atoms in total. The van der Waals surface area contributed by atoms with E-state index in [9.17, 15) is 13.2 Å². The van der Waals surface area contributed by atoms with Crippen LogP contribution in [0.2, 0.25) is 0 Å². The molecule has 0 fully saturated rings. The maximum absolute atomic E-state index is 12.5. The van der Waals surface area contributed by atoms with Gasteiger partial charge in [0.1, 0.15) is 0 Å². The van der Waals surface area contributed by atoms with Crippen molar-refractivity contribution in [1.29, 1.82) is 0 Å². The van der Waals surface area contributed by atoms with E-state index in [-0.39, 0.29) is 12.3 Å². The summed E-state index contributed by atoms with van der Waals surface area (Å²) in [5.41, 5.74) is 4.72. The third-order valence-corrected chi connectivity index (χ3v) is 5.17. The van der Waals surface area contributed by atoms with Crippen molar-refractivity contribution in [3.8, 4) is 0 Å². The van der Waals surface area contributed by atoms with Gasteiger partial charge >= 0.3 is 6.18 Å². The van der Waals surface area contributed by atoms with Gasteiger partial charge in [-0.1, -0.05) is 51.1 Å².